The lowest BCUT2D eigenvalue weighted by atomic mass is 10.0. The van der Waals surface area contributed by atoms with Crippen molar-refractivity contribution in [2.24, 2.45) is 0 Å². The number of nitrogens with one attached hydrogen (secondary N) is 1. The molecular weight excluding hydrogens is 252 g/mol. The van der Waals surface area contributed by atoms with Gasteiger partial charge in [-0.25, -0.2) is 0 Å². The van der Waals surface area contributed by atoms with Crippen LogP contribution in [0.25, 0.3) is 10.9 Å². The normalized spacial score (nSPS) is 12.7. The molecule has 0 radical (unpaired) electrons. The zero-order chi connectivity index (χ0) is 13.1. The monoisotopic (exact) mass is 268 g/mol. The molecule has 3 heteroatoms. The topological polar surface area (TPSA) is 24.9 Å². The van der Waals surface area contributed by atoms with E-state index in [1.807, 2.05) is 12.3 Å². The highest BCUT2D eigenvalue weighted by Gasteiger charge is 2.14. The number of rotatable bonds is 4. The minimum Gasteiger partial charge on any atom is -0.306 e. The first kappa shape index (κ1) is 12.3. The predicted octanol–water partition coefficient (Wildman–Crippen LogP) is 4.00. The summed E-state index contributed by atoms with van der Waals surface area (Å²) in [5.41, 5.74) is 2.34. The molecule has 0 aliphatic carbocycles. The fourth-order valence-corrected chi connectivity index (χ4v) is 3.14. The van der Waals surface area contributed by atoms with E-state index in [2.05, 4.69) is 59.0 Å². The molecule has 0 saturated carbocycles. The lowest BCUT2D eigenvalue weighted by Crippen LogP contribution is -2.20. The molecule has 1 N–H and O–H groups in total. The number of hydrogen-bond donors (Lipinski definition) is 1. The quantitative estimate of drug-likeness (QED) is 0.773. The van der Waals surface area contributed by atoms with Crippen LogP contribution in [0.2, 0.25) is 0 Å². The van der Waals surface area contributed by atoms with Gasteiger partial charge in [0, 0.05) is 16.5 Å². The molecular formula is C16H16N2S. The van der Waals surface area contributed by atoms with Gasteiger partial charge in [0.25, 0.3) is 0 Å². The second-order valence-corrected chi connectivity index (χ2v) is 5.44. The molecule has 19 heavy (non-hydrogen) atoms. The zero-order valence-corrected chi connectivity index (χ0v) is 11.7. The standard InChI is InChI=1S/C16H16N2S/c1-2-17-16(15-6-4-10-19-15)13-7-8-14-12(11-13)5-3-9-18-14/h3-11,16-17H,2H2,1H3. The van der Waals surface area contributed by atoms with Crippen molar-refractivity contribution >= 4 is 22.2 Å². The fourth-order valence-electron chi connectivity index (χ4n) is 2.32. The molecule has 3 rings (SSSR count). The van der Waals surface area contributed by atoms with Crippen molar-refractivity contribution in [1.82, 2.24) is 10.3 Å². The molecule has 3 aromatic rings. The van der Waals surface area contributed by atoms with Crippen LogP contribution >= 0.6 is 11.3 Å². The Morgan fingerprint density at radius 2 is 2.16 bits per heavy atom. The Morgan fingerprint density at radius 1 is 1.21 bits per heavy atom. The summed E-state index contributed by atoms with van der Waals surface area (Å²) in [5.74, 6) is 0. The molecule has 0 fully saturated rings. The van der Waals surface area contributed by atoms with Gasteiger partial charge in [-0.05, 0) is 41.8 Å². The first-order valence-electron chi connectivity index (χ1n) is 6.50. The van der Waals surface area contributed by atoms with Gasteiger partial charge in [-0.1, -0.05) is 25.1 Å². The summed E-state index contributed by atoms with van der Waals surface area (Å²) >= 11 is 1.79. The molecule has 96 valence electrons. The van der Waals surface area contributed by atoms with Gasteiger partial charge >= 0.3 is 0 Å². The molecule has 0 bridgehead atoms. The Hall–Kier alpha value is -1.71. The summed E-state index contributed by atoms with van der Waals surface area (Å²) < 4.78 is 0. The van der Waals surface area contributed by atoms with Gasteiger partial charge in [-0.3, -0.25) is 4.98 Å². The van der Waals surface area contributed by atoms with Gasteiger partial charge in [0.2, 0.25) is 0 Å². The maximum atomic E-state index is 4.37. The maximum absolute atomic E-state index is 4.37. The predicted molar refractivity (Wildman–Crippen MR) is 81.6 cm³/mol. The zero-order valence-electron chi connectivity index (χ0n) is 10.8. The molecule has 1 atom stereocenters. The molecule has 0 spiro atoms. The van der Waals surface area contributed by atoms with E-state index < -0.39 is 0 Å². The summed E-state index contributed by atoms with van der Waals surface area (Å²) in [7, 11) is 0. The van der Waals surface area contributed by atoms with Gasteiger partial charge in [0.05, 0.1) is 11.6 Å². The molecule has 0 amide bonds. The third-order valence-electron chi connectivity index (χ3n) is 3.20. The molecule has 2 heterocycles. The van der Waals surface area contributed by atoms with E-state index in [1.165, 1.54) is 15.8 Å². The van der Waals surface area contributed by atoms with Crippen molar-refractivity contribution in [3.8, 4) is 0 Å². The molecule has 2 nitrogen and oxygen atoms in total. The van der Waals surface area contributed by atoms with E-state index in [9.17, 15) is 0 Å². The highest BCUT2D eigenvalue weighted by atomic mass is 32.1. The van der Waals surface area contributed by atoms with E-state index in [0.717, 1.165) is 12.1 Å². The summed E-state index contributed by atoms with van der Waals surface area (Å²) in [6, 6.07) is 15.2. The summed E-state index contributed by atoms with van der Waals surface area (Å²) in [4.78, 5) is 5.72. The van der Waals surface area contributed by atoms with Crippen LogP contribution in [0.15, 0.2) is 54.0 Å². The fraction of sp³-hybridized carbons (Fsp3) is 0.188. The van der Waals surface area contributed by atoms with Crippen LogP contribution in [-0.4, -0.2) is 11.5 Å². The summed E-state index contributed by atoms with van der Waals surface area (Å²) in [6.45, 7) is 3.09. The second kappa shape index (κ2) is 5.51. The van der Waals surface area contributed by atoms with Crippen molar-refractivity contribution in [2.45, 2.75) is 13.0 Å². The highest BCUT2D eigenvalue weighted by molar-refractivity contribution is 7.10. The number of nitrogens with zero attached hydrogens (tertiary/aromatic N) is 1. The lowest BCUT2D eigenvalue weighted by Gasteiger charge is -2.17. The second-order valence-electron chi connectivity index (χ2n) is 4.46. The Kier molecular flexibility index (Phi) is 3.58. The van der Waals surface area contributed by atoms with Crippen LogP contribution in [0, 0.1) is 0 Å². The van der Waals surface area contributed by atoms with E-state index in [-0.39, 0.29) is 6.04 Å². The minimum atomic E-state index is 0.273. The van der Waals surface area contributed by atoms with Crippen molar-refractivity contribution in [2.75, 3.05) is 6.54 Å². The van der Waals surface area contributed by atoms with Gasteiger partial charge < -0.3 is 5.32 Å². The van der Waals surface area contributed by atoms with Crippen molar-refractivity contribution in [3.63, 3.8) is 0 Å². The number of fused-ring (bicyclic) bond motifs is 1. The Morgan fingerprint density at radius 3 is 2.95 bits per heavy atom. The summed E-state index contributed by atoms with van der Waals surface area (Å²) in [5, 5.41) is 6.88. The number of pyridine rings is 1. The van der Waals surface area contributed by atoms with E-state index in [1.54, 1.807) is 11.3 Å². The first-order valence-corrected chi connectivity index (χ1v) is 7.38. The number of thiophene rings is 1. The van der Waals surface area contributed by atoms with Crippen LogP contribution < -0.4 is 5.32 Å². The van der Waals surface area contributed by atoms with Crippen LogP contribution in [0.4, 0.5) is 0 Å². The van der Waals surface area contributed by atoms with Crippen LogP contribution in [0.1, 0.15) is 23.4 Å². The Bertz CT molecular complexity index is 661. The lowest BCUT2D eigenvalue weighted by molar-refractivity contribution is 0.640. The molecule has 1 unspecified atom stereocenters. The molecule has 0 aliphatic heterocycles. The molecule has 0 aliphatic rings. The van der Waals surface area contributed by atoms with Crippen LogP contribution in [0.3, 0.4) is 0 Å². The van der Waals surface area contributed by atoms with Gasteiger partial charge in [-0.15, -0.1) is 11.3 Å². The van der Waals surface area contributed by atoms with E-state index >= 15 is 0 Å². The number of aromatic nitrogens is 1. The Labute approximate surface area is 117 Å². The highest BCUT2D eigenvalue weighted by Crippen LogP contribution is 2.27. The molecule has 2 aromatic heterocycles. The average Bonchev–Trinajstić information content (AvgIpc) is 2.98. The third-order valence-corrected chi connectivity index (χ3v) is 4.13. The average molecular weight is 268 g/mol. The molecule has 0 saturated heterocycles. The maximum Gasteiger partial charge on any atom is 0.0702 e. The molecule has 1 aromatic carbocycles. The van der Waals surface area contributed by atoms with E-state index in [4.69, 9.17) is 0 Å². The smallest absolute Gasteiger partial charge is 0.0702 e. The van der Waals surface area contributed by atoms with Crippen LogP contribution in [-0.2, 0) is 0 Å². The SMILES string of the molecule is CCNC(c1ccc2ncccc2c1)c1cccs1. The first-order chi connectivity index (χ1) is 9.38. The number of benzene rings is 1. The minimum absolute atomic E-state index is 0.273. The van der Waals surface area contributed by atoms with Crippen molar-refractivity contribution in [1.29, 1.82) is 0 Å². The Balaban J connectivity index is 2.05. The summed E-state index contributed by atoms with van der Waals surface area (Å²) in [6.07, 6.45) is 1.84. The largest absolute Gasteiger partial charge is 0.306 e. The van der Waals surface area contributed by atoms with Gasteiger partial charge in [0.15, 0.2) is 0 Å². The third kappa shape index (κ3) is 2.53. The van der Waals surface area contributed by atoms with E-state index in [0.29, 0.717) is 0 Å². The van der Waals surface area contributed by atoms with Crippen LogP contribution in [0.5, 0.6) is 0 Å². The van der Waals surface area contributed by atoms with Gasteiger partial charge in [0.1, 0.15) is 0 Å². The van der Waals surface area contributed by atoms with Crippen molar-refractivity contribution < 1.29 is 0 Å². The number of hydrogen-bond acceptors (Lipinski definition) is 3. The van der Waals surface area contributed by atoms with Crippen molar-refractivity contribution in [3.05, 3.63) is 64.5 Å². The van der Waals surface area contributed by atoms with Gasteiger partial charge in [-0.2, -0.15) is 0 Å².